The van der Waals surface area contributed by atoms with Crippen LogP contribution in [0.3, 0.4) is 0 Å². The fourth-order valence-electron chi connectivity index (χ4n) is 5.42. The van der Waals surface area contributed by atoms with Crippen molar-refractivity contribution in [3.8, 4) is 28.3 Å². The number of hydrogen-bond acceptors (Lipinski definition) is 9. The second kappa shape index (κ2) is 13.6. The normalized spacial score (nSPS) is 11.2. The van der Waals surface area contributed by atoms with E-state index in [-0.39, 0.29) is 12.0 Å². The zero-order chi connectivity index (χ0) is 32.0. The highest BCUT2D eigenvalue weighted by molar-refractivity contribution is 5.80. The summed E-state index contributed by atoms with van der Waals surface area (Å²) in [5, 5.41) is 8.00. The predicted octanol–water partition coefficient (Wildman–Crippen LogP) is 5.53. The molecule has 3 aromatic carbocycles. The van der Waals surface area contributed by atoms with Crippen molar-refractivity contribution in [2.45, 2.75) is 52.5 Å². The second-order valence-corrected chi connectivity index (χ2v) is 11.1. The smallest absolute Gasteiger partial charge is 0.439 e. The number of ether oxygens (including phenoxy) is 1. The first-order chi connectivity index (χ1) is 22.4. The number of benzene rings is 3. The summed E-state index contributed by atoms with van der Waals surface area (Å²) in [4.78, 5) is 37.6. The fourth-order valence-corrected chi connectivity index (χ4v) is 5.42. The second-order valence-electron chi connectivity index (χ2n) is 11.1. The molecular weight excluding hydrogens is 584 g/mol. The van der Waals surface area contributed by atoms with Gasteiger partial charge in [-0.1, -0.05) is 84.3 Å². The number of unbranched alkanes of at least 4 members (excludes halogenated alkanes) is 1. The molecule has 0 unspecified atom stereocenters. The first-order valence-corrected chi connectivity index (χ1v) is 15.2. The molecule has 3 heterocycles. The van der Waals surface area contributed by atoms with Crippen LogP contribution in [0.4, 0.5) is 0 Å². The highest BCUT2D eigenvalue weighted by atomic mass is 16.5. The molecule has 0 radical (unpaired) electrons. The van der Waals surface area contributed by atoms with E-state index in [4.69, 9.17) is 18.8 Å². The van der Waals surface area contributed by atoms with Crippen LogP contribution in [0.5, 0.6) is 5.75 Å². The number of H-pyrrole nitrogens is 1. The summed E-state index contributed by atoms with van der Waals surface area (Å²) in [7, 11) is 1.63. The molecule has 0 aliphatic rings. The van der Waals surface area contributed by atoms with Gasteiger partial charge in [0.25, 0.3) is 5.56 Å². The van der Waals surface area contributed by atoms with Gasteiger partial charge in [-0.2, -0.15) is 4.98 Å². The maximum absolute atomic E-state index is 14.0. The standard InChI is InChI=1S/C35H34N6O5/c1-4-5-10-31-36-22(2)29(20-32-37-30(39-45-32)19-23-13-17-26(44-3)18-14-23)34(42)41(31)21-24-11-15-25(16-12-24)27-8-6-7-9-28(27)33-38-35(43)46-40-33/h6-9,11-18H,4-5,10,19-21H2,1-3H3,(H,38,40,43). The Balaban J connectivity index is 1.25. The Morgan fingerprint density at radius 1 is 0.848 bits per heavy atom. The van der Waals surface area contributed by atoms with Gasteiger partial charge in [0.15, 0.2) is 11.6 Å². The molecule has 234 valence electrons. The molecule has 11 nitrogen and oxygen atoms in total. The fraction of sp³-hybridized carbons (Fsp3) is 0.257. The van der Waals surface area contributed by atoms with E-state index in [2.05, 4.69) is 27.2 Å². The van der Waals surface area contributed by atoms with Crippen molar-refractivity contribution in [3.05, 3.63) is 134 Å². The first kappa shape index (κ1) is 30.4. The predicted molar refractivity (Wildman–Crippen MR) is 172 cm³/mol. The molecule has 11 heteroatoms. The average Bonchev–Trinajstić information content (AvgIpc) is 3.72. The summed E-state index contributed by atoms with van der Waals surface area (Å²) in [6.45, 7) is 4.34. The lowest BCUT2D eigenvalue weighted by molar-refractivity contribution is 0.379. The van der Waals surface area contributed by atoms with E-state index in [0.717, 1.165) is 52.2 Å². The number of nitrogens with one attached hydrogen (secondary N) is 1. The topological polar surface area (TPSA) is 142 Å². The molecule has 0 saturated carbocycles. The molecule has 46 heavy (non-hydrogen) atoms. The van der Waals surface area contributed by atoms with Crippen molar-refractivity contribution < 1.29 is 13.8 Å². The quantitative estimate of drug-likeness (QED) is 0.187. The summed E-state index contributed by atoms with van der Waals surface area (Å²) < 4.78 is 17.3. The SMILES string of the molecule is CCCCc1nc(C)c(Cc2nc(Cc3ccc(OC)cc3)no2)c(=O)n1Cc1ccc(-c2ccccc2-c2noc(=O)[nH]2)cc1. The molecule has 6 rings (SSSR count). The van der Waals surface area contributed by atoms with Crippen LogP contribution in [0, 0.1) is 6.92 Å². The van der Waals surface area contributed by atoms with Gasteiger partial charge in [0.1, 0.15) is 11.6 Å². The van der Waals surface area contributed by atoms with Gasteiger partial charge in [0.05, 0.1) is 20.1 Å². The third-order valence-corrected chi connectivity index (χ3v) is 7.89. The van der Waals surface area contributed by atoms with Crippen LogP contribution in [-0.4, -0.2) is 36.9 Å². The van der Waals surface area contributed by atoms with Gasteiger partial charge in [0.2, 0.25) is 5.89 Å². The lowest BCUT2D eigenvalue weighted by atomic mass is 9.98. The Kier molecular flexibility index (Phi) is 9.00. The zero-order valence-electron chi connectivity index (χ0n) is 25.9. The van der Waals surface area contributed by atoms with Crippen molar-refractivity contribution in [1.82, 2.24) is 29.8 Å². The zero-order valence-corrected chi connectivity index (χ0v) is 25.9. The van der Waals surface area contributed by atoms with Crippen molar-refractivity contribution in [2.24, 2.45) is 0 Å². The minimum Gasteiger partial charge on any atom is -0.497 e. The van der Waals surface area contributed by atoms with Gasteiger partial charge in [-0.3, -0.25) is 18.9 Å². The van der Waals surface area contributed by atoms with Gasteiger partial charge in [-0.25, -0.2) is 9.78 Å². The Bertz CT molecular complexity index is 2060. The van der Waals surface area contributed by atoms with Gasteiger partial charge in [0, 0.05) is 29.7 Å². The van der Waals surface area contributed by atoms with Crippen molar-refractivity contribution in [2.75, 3.05) is 7.11 Å². The molecule has 3 aromatic heterocycles. The van der Waals surface area contributed by atoms with E-state index in [1.807, 2.05) is 79.7 Å². The number of hydrogen-bond donors (Lipinski definition) is 1. The summed E-state index contributed by atoms with van der Waals surface area (Å²) >= 11 is 0. The molecule has 1 N–H and O–H groups in total. The third-order valence-electron chi connectivity index (χ3n) is 7.89. The van der Waals surface area contributed by atoms with E-state index in [1.54, 1.807) is 11.7 Å². The van der Waals surface area contributed by atoms with Gasteiger partial charge in [-0.15, -0.1) is 0 Å². The number of aryl methyl sites for hydroxylation is 2. The Labute approximate surface area is 264 Å². The highest BCUT2D eigenvalue weighted by Crippen LogP contribution is 2.30. The van der Waals surface area contributed by atoms with E-state index < -0.39 is 5.76 Å². The molecular formula is C35H34N6O5. The largest absolute Gasteiger partial charge is 0.497 e. The molecule has 0 bridgehead atoms. The molecule has 0 saturated heterocycles. The number of aromatic amines is 1. The van der Waals surface area contributed by atoms with E-state index in [9.17, 15) is 9.59 Å². The molecule has 0 amide bonds. The summed E-state index contributed by atoms with van der Waals surface area (Å²) in [5.74, 6) is 2.20. The molecule has 0 aliphatic heterocycles. The summed E-state index contributed by atoms with van der Waals surface area (Å²) in [5.41, 5.74) is 5.64. The maximum atomic E-state index is 14.0. The van der Waals surface area contributed by atoms with Gasteiger partial charge in [-0.05, 0) is 47.7 Å². The number of nitrogens with zero attached hydrogens (tertiary/aromatic N) is 5. The highest BCUT2D eigenvalue weighted by Gasteiger charge is 2.19. The summed E-state index contributed by atoms with van der Waals surface area (Å²) in [6.07, 6.45) is 3.30. The van der Waals surface area contributed by atoms with Gasteiger partial charge < -0.3 is 9.26 Å². The van der Waals surface area contributed by atoms with Crippen LogP contribution in [-0.2, 0) is 25.8 Å². The Morgan fingerprint density at radius 2 is 1.59 bits per heavy atom. The molecule has 0 atom stereocenters. The molecule has 0 aliphatic carbocycles. The maximum Gasteiger partial charge on any atom is 0.439 e. The molecule has 0 fully saturated rings. The summed E-state index contributed by atoms with van der Waals surface area (Å²) in [6, 6.07) is 23.3. The van der Waals surface area contributed by atoms with Crippen molar-refractivity contribution in [1.29, 1.82) is 0 Å². The van der Waals surface area contributed by atoms with Crippen LogP contribution in [0.25, 0.3) is 22.5 Å². The lowest BCUT2D eigenvalue weighted by Crippen LogP contribution is -2.30. The van der Waals surface area contributed by atoms with E-state index >= 15 is 0 Å². The first-order valence-electron chi connectivity index (χ1n) is 15.2. The van der Waals surface area contributed by atoms with Gasteiger partial charge >= 0.3 is 5.76 Å². The van der Waals surface area contributed by atoms with Crippen LogP contribution in [0.15, 0.2) is 91.4 Å². The van der Waals surface area contributed by atoms with Crippen LogP contribution in [0.2, 0.25) is 0 Å². The van der Waals surface area contributed by atoms with E-state index in [0.29, 0.717) is 48.2 Å². The number of aromatic nitrogens is 6. The monoisotopic (exact) mass is 618 g/mol. The van der Waals surface area contributed by atoms with Crippen LogP contribution in [0.1, 0.15) is 59.7 Å². The Hall–Kier alpha value is -5.58. The van der Waals surface area contributed by atoms with Crippen molar-refractivity contribution >= 4 is 0 Å². The Morgan fingerprint density at radius 3 is 2.28 bits per heavy atom. The van der Waals surface area contributed by atoms with Crippen molar-refractivity contribution in [3.63, 3.8) is 0 Å². The average molecular weight is 619 g/mol. The van der Waals surface area contributed by atoms with E-state index in [1.165, 1.54) is 0 Å². The minimum absolute atomic E-state index is 0.113. The van der Waals surface area contributed by atoms with Crippen LogP contribution < -0.4 is 16.1 Å². The molecule has 0 spiro atoms. The minimum atomic E-state index is -0.608. The number of rotatable bonds is 12. The lowest BCUT2D eigenvalue weighted by Gasteiger charge is -2.16. The molecule has 6 aromatic rings. The van der Waals surface area contributed by atoms with Crippen LogP contribution >= 0.6 is 0 Å². The third kappa shape index (κ3) is 6.73. The number of methoxy groups -OCH3 is 1.